The third kappa shape index (κ3) is 6.84. The fraction of sp³-hybridized carbons (Fsp3) is 0.600. The number of nitrogens with zero attached hydrogens (tertiary/aromatic N) is 4. The van der Waals surface area contributed by atoms with Crippen molar-refractivity contribution in [2.45, 2.75) is 44.5 Å². The summed E-state index contributed by atoms with van der Waals surface area (Å²) in [6, 6.07) is 0. The standard InChI is InChI=1S/C18H24N4O2S.C2HF3O2/c1-14-16(25-13-21-14)10-22-11-18(12-22)8-15(3-7-24-18)2-6-23-17-9-19-4-5-20-17;3-2(4,5)1(6)7/h4-5,9,13,15H,2-3,6-8,10-12H2,1H3;(H,6,7). The summed E-state index contributed by atoms with van der Waals surface area (Å²) < 4.78 is 43.6. The van der Waals surface area contributed by atoms with E-state index in [1.807, 2.05) is 5.51 Å². The molecule has 2 aliphatic heterocycles. The lowest BCUT2D eigenvalue weighted by molar-refractivity contribution is -0.192. The van der Waals surface area contributed by atoms with E-state index in [4.69, 9.17) is 19.4 Å². The maximum Gasteiger partial charge on any atom is 0.490 e. The number of aryl methyl sites for hydroxylation is 1. The summed E-state index contributed by atoms with van der Waals surface area (Å²) in [5.74, 6) is -1.48. The molecule has 1 atom stereocenters. The van der Waals surface area contributed by atoms with Gasteiger partial charge in [-0.2, -0.15) is 13.2 Å². The maximum absolute atomic E-state index is 10.6. The highest BCUT2D eigenvalue weighted by Gasteiger charge is 2.47. The summed E-state index contributed by atoms with van der Waals surface area (Å²) in [4.78, 5) is 25.3. The first-order valence-corrected chi connectivity index (χ1v) is 11.0. The van der Waals surface area contributed by atoms with E-state index < -0.39 is 12.1 Å². The number of hydrogen-bond acceptors (Lipinski definition) is 8. The fourth-order valence-corrected chi connectivity index (χ4v) is 4.67. The minimum Gasteiger partial charge on any atom is -0.477 e. The second kappa shape index (κ2) is 10.5. The SMILES string of the molecule is Cc1ncsc1CN1CC2(CC(CCOc3cnccn3)CCO2)C1.O=C(O)C(F)(F)F. The van der Waals surface area contributed by atoms with Crippen molar-refractivity contribution in [2.24, 2.45) is 5.92 Å². The lowest BCUT2D eigenvalue weighted by atomic mass is 9.79. The van der Waals surface area contributed by atoms with Crippen molar-refractivity contribution in [1.29, 1.82) is 0 Å². The van der Waals surface area contributed by atoms with Crippen molar-refractivity contribution in [3.05, 3.63) is 34.7 Å². The molecule has 2 aromatic rings. The van der Waals surface area contributed by atoms with Gasteiger partial charge in [0.2, 0.25) is 5.88 Å². The van der Waals surface area contributed by atoms with Crippen LogP contribution >= 0.6 is 11.3 Å². The van der Waals surface area contributed by atoms with Crippen LogP contribution in [0.4, 0.5) is 13.2 Å². The number of carbonyl (C=O) groups is 1. The van der Waals surface area contributed by atoms with Crippen LogP contribution in [-0.2, 0) is 16.1 Å². The molecule has 1 unspecified atom stereocenters. The van der Waals surface area contributed by atoms with Gasteiger partial charge in [0.1, 0.15) is 0 Å². The van der Waals surface area contributed by atoms with E-state index >= 15 is 0 Å². The van der Waals surface area contributed by atoms with Crippen molar-refractivity contribution >= 4 is 17.3 Å². The first-order chi connectivity index (χ1) is 15.2. The van der Waals surface area contributed by atoms with E-state index in [0.29, 0.717) is 18.4 Å². The predicted octanol–water partition coefficient (Wildman–Crippen LogP) is 3.32. The van der Waals surface area contributed by atoms with Crippen LogP contribution in [0.15, 0.2) is 24.1 Å². The van der Waals surface area contributed by atoms with E-state index in [1.54, 1.807) is 29.9 Å². The Kier molecular flexibility index (Phi) is 8.01. The van der Waals surface area contributed by atoms with Crippen molar-refractivity contribution in [1.82, 2.24) is 19.9 Å². The van der Waals surface area contributed by atoms with Gasteiger partial charge in [-0.3, -0.25) is 9.88 Å². The molecule has 2 aliphatic rings. The zero-order valence-electron chi connectivity index (χ0n) is 17.5. The Hall–Kier alpha value is -2.31. The number of alkyl halides is 3. The van der Waals surface area contributed by atoms with Crippen molar-refractivity contribution in [3.63, 3.8) is 0 Å². The molecular formula is C20H25F3N4O4S. The van der Waals surface area contributed by atoms with E-state index in [0.717, 1.165) is 51.2 Å². The molecule has 32 heavy (non-hydrogen) atoms. The summed E-state index contributed by atoms with van der Waals surface area (Å²) >= 11 is 1.75. The number of hydrogen-bond donors (Lipinski definition) is 1. The molecule has 0 radical (unpaired) electrons. The number of aromatic nitrogens is 3. The Balaban J connectivity index is 0.000000360. The van der Waals surface area contributed by atoms with Crippen molar-refractivity contribution in [2.75, 3.05) is 26.3 Å². The highest BCUT2D eigenvalue weighted by molar-refractivity contribution is 7.09. The molecule has 0 amide bonds. The minimum absolute atomic E-state index is 0.0636. The molecule has 2 aromatic heterocycles. The fourth-order valence-electron chi connectivity index (χ4n) is 3.85. The Bertz CT molecular complexity index is 875. The Morgan fingerprint density at radius 1 is 1.38 bits per heavy atom. The van der Waals surface area contributed by atoms with Crippen LogP contribution in [0.2, 0.25) is 0 Å². The largest absolute Gasteiger partial charge is 0.490 e. The molecule has 0 aliphatic carbocycles. The summed E-state index contributed by atoms with van der Waals surface area (Å²) in [7, 11) is 0. The van der Waals surface area contributed by atoms with Gasteiger partial charge in [0.05, 0.1) is 29.6 Å². The molecule has 0 bridgehead atoms. The quantitative estimate of drug-likeness (QED) is 0.681. The molecule has 4 heterocycles. The highest BCUT2D eigenvalue weighted by atomic mass is 32.1. The highest BCUT2D eigenvalue weighted by Crippen LogP contribution is 2.39. The molecule has 2 fully saturated rings. The van der Waals surface area contributed by atoms with Crippen LogP contribution < -0.4 is 4.74 Å². The number of carboxylic acids is 1. The Morgan fingerprint density at radius 2 is 2.12 bits per heavy atom. The zero-order valence-corrected chi connectivity index (χ0v) is 18.4. The molecule has 4 rings (SSSR count). The first-order valence-electron chi connectivity index (χ1n) is 10.1. The smallest absolute Gasteiger partial charge is 0.477 e. The number of ether oxygens (including phenoxy) is 2. The van der Waals surface area contributed by atoms with Crippen molar-refractivity contribution in [3.8, 4) is 5.88 Å². The number of carboxylic acid groups (broad SMARTS) is 1. The van der Waals surface area contributed by atoms with Gasteiger partial charge in [0, 0.05) is 43.5 Å². The summed E-state index contributed by atoms with van der Waals surface area (Å²) in [6.45, 7) is 6.72. The van der Waals surface area contributed by atoms with Crippen molar-refractivity contribution < 1.29 is 32.5 Å². The maximum atomic E-state index is 10.6. The third-order valence-corrected chi connectivity index (χ3v) is 6.31. The second-order valence-electron chi connectivity index (χ2n) is 7.88. The van der Waals surface area contributed by atoms with Gasteiger partial charge in [-0.15, -0.1) is 11.3 Å². The molecule has 12 heteroatoms. The first kappa shape index (κ1) is 24.3. The molecule has 1 spiro atoms. The van der Waals surface area contributed by atoms with Crippen LogP contribution in [0, 0.1) is 12.8 Å². The summed E-state index contributed by atoms with van der Waals surface area (Å²) in [5, 5.41) is 7.12. The monoisotopic (exact) mass is 474 g/mol. The van der Waals surface area contributed by atoms with Gasteiger partial charge >= 0.3 is 12.1 Å². The number of aliphatic carboxylic acids is 1. The zero-order chi connectivity index (χ0) is 23.2. The van der Waals surface area contributed by atoms with E-state index in [9.17, 15) is 13.2 Å². The minimum atomic E-state index is -5.08. The second-order valence-corrected chi connectivity index (χ2v) is 8.82. The Morgan fingerprint density at radius 3 is 2.72 bits per heavy atom. The predicted molar refractivity (Wildman–Crippen MR) is 109 cm³/mol. The number of halogens is 3. The molecule has 1 N–H and O–H groups in total. The van der Waals surface area contributed by atoms with Crippen LogP contribution in [0.1, 0.15) is 29.8 Å². The van der Waals surface area contributed by atoms with Gasteiger partial charge in [0.15, 0.2) is 0 Å². The average molecular weight is 475 g/mol. The lowest BCUT2D eigenvalue weighted by Gasteiger charge is -2.53. The molecular weight excluding hydrogens is 449 g/mol. The number of rotatable bonds is 6. The Labute approximate surface area is 187 Å². The summed E-state index contributed by atoms with van der Waals surface area (Å²) in [5.41, 5.74) is 3.16. The normalized spacial score (nSPS) is 20.2. The number of thiazole rings is 1. The third-order valence-electron chi connectivity index (χ3n) is 5.39. The lowest BCUT2D eigenvalue weighted by Crippen LogP contribution is -2.64. The molecule has 0 saturated carbocycles. The number of likely N-dealkylation sites (tertiary alicyclic amines) is 1. The molecule has 176 valence electrons. The molecule has 0 aromatic carbocycles. The summed E-state index contributed by atoms with van der Waals surface area (Å²) in [6.07, 6.45) is 3.21. The van der Waals surface area contributed by atoms with Crippen LogP contribution in [0.25, 0.3) is 0 Å². The van der Waals surface area contributed by atoms with Gasteiger partial charge in [-0.1, -0.05) is 0 Å². The molecule has 2 saturated heterocycles. The van der Waals surface area contributed by atoms with Gasteiger partial charge in [0.25, 0.3) is 0 Å². The van der Waals surface area contributed by atoms with Crippen LogP contribution in [-0.4, -0.2) is 69.0 Å². The van der Waals surface area contributed by atoms with E-state index in [2.05, 4.69) is 26.8 Å². The van der Waals surface area contributed by atoms with Gasteiger partial charge < -0.3 is 14.6 Å². The van der Waals surface area contributed by atoms with E-state index in [1.165, 1.54) is 4.88 Å². The topological polar surface area (TPSA) is 97.7 Å². The average Bonchev–Trinajstić information content (AvgIpc) is 3.12. The van der Waals surface area contributed by atoms with Crippen LogP contribution in [0.5, 0.6) is 5.88 Å². The van der Waals surface area contributed by atoms with Gasteiger partial charge in [-0.25, -0.2) is 14.8 Å². The van der Waals surface area contributed by atoms with Crippen LogP contribution in [0.3, 0.4) is 0 Å². The molecule has 8 nitrogen and oxygen atoms in total. The van der Waals surface area contributed by atoms with E-state index in [-0.39, 0.29) is 5.60 Å². The van der Waals surface area contributed by atoms with Gasteiger partial charge in [-0.05, 0) is 32.1 Å².